The Morgan fingerprint density at radius 1 is 1.27 bits per heavy atom. The molecular weight excluding hydrogens is 390 g/mol. The van der Waals surface area contributed by atoms with Crippen LogP contribution < -0.4 is 20.9 Å². The van der Waals surface area contributed by atoms with Crippen LogP contribution in [0.2, 0.25) is 0 Å². The van der Waals surface area contributed by atoms with Crippen molar-refractivity contribution >= 4 is 17.1 Å². The zero-order chi connectivity index (χ0) is 21.3. The van der Waals surface area contributed by atoms with Crippen molar-refractivity contribution in [2.24, 2.45) is 7.05 Å². The molecule has 10 nitrogen and oxygen atoms in total. The summed E-state index contributed by atoms with van der Waals surface area (Å²) in [6.45, 7) is 4.36. The Morgan fingerprint density at radius 2 is 2.00 bits per heavy atom. The standard InChI is InChI=1S/C20H25N5O5/c1-13-5-3-4-6-15(13)30-12-14(26)11-25-16-17(23(2)20(28)22-18(16)27)21-19(25)24-7-9-29-10-8-24/h3-6,14,26H,7-12H2,1-2H3,(H,22,27,28)/t14-/m1/s1. The summed E-state index contributed by atoms with van der Waals surface area (Å²) in [6.07, 6.45) is -0.890. The number of aliphatic hydroxyl groups is 1. The van der Waals surface area contributed by atoms with Crippen LogP contribution in [0.3, 0.4) is 0 Å². The van der Waals surface area contributed by atoms with Crippen molar-refractivity contribution in [2.45, 2.75) is 19.6 Å². The van der Waals surface area contributed by atoms with Gasteiger partial charge in [0.1, 0.15) is 18.5 Å². The second kappa shape index (κ2) is 8.33. The molecule has 0 amide bonds. The minimum Gasteiger partial charge on any atom is -0.491 e. The maximum Gasteiger partial charge on any atom is 0.329 e. The molecule has 0 saturated carbocycles. The molecule has 4 rings (SSSR count). The summed E-state index contributed by atoms with van der Waals surface area (Å²) in [6, 6.07) is 7.56. The number of anilines is 1. The third-order valence-corrected chi connectivity index (χ3v) is 5.20. The molecule has 1 atom stereocenters. The lowest BCUT2D eigenvalue weighted by Crippen LogP contribution is -2.39. The van der Waals surface area contributed by atoms with Crippen LogP contribution in [-0.2, 0) is 18.3 Å². The summed E-state index contributed by atoms with van der Waals surface area (Å²) in [5, 5.41) is 10.7. The van der Waals surface area contributed by atoms with E-state index in [4.69, 9.17) is 9.47 Å². The van der Waals surface area contributed by atoms with Gasteiger partial charge in [0.2, 0.25) is 5.95 Å². The third-order valence-electron chi connectivity index (χ3n) is 5.20. The number of nitrogens with one attached hydrogen (secondary N) is 1. The summed E-state index contributed by atoms with van der Waals surface area (Å²) < 4.78 is 14.1. The van der Waals surface area contributed by atoms with E-state index >= 15 is 0 Å². The van der Waals surface area contributed by atoms with E-state index in [-0.39, 0.29) is 24.3 Å². The molecule has 0 radical (unpaired) electrons. The highest BCUT2D eigenvalue weighted by atomic mass is 16.5. The van der Waals surface area contributed by atoms with Gasteiger partial charge in [0.15, 0.2) is 11.2 Å². The quantitative estimate of drug-likeness (QED) is 0.583. The van der Waals surface area contributed by atoms with E-state index in [0.29, 0.717) is 38.0 Å². The summed E-state index contributed by atoms with van der Waals surface area (Å²) in [4.78, 5) is 33.5. The van der Waals surface area contributed by atoms with Crippen LogP contribution >= 0.6 is 0 Å². The lowest BCUT2D eigenvalue weighted by atomic mass is 10.2. The molecule has 0 spiro atoms. The number of benzene rings is 1. The molecule has 2 N–H and O–H groups in total. The van der Waals surface area contributed by atoms with Crippen LogP contribution in [0.4, 0.5) is 5.95 Å². The number of nitrogens with zero attached hydrogens (tertiary/aromatic N) is 4. The van der Waals surface area contributed by atoms with Gasteiger partial charge in [-0.1, -0.05) is 18.2 Å². The second-order valence-electron chi connectivity index (χ2n) is 7.34. The van der Waals surface area contributed by atoms with Gasteiger partial charge in [-0.2, -0.15) is 4.98 Å². The number of rotatable bonds is 6. The van der Waals surface area contributed by atoms with Crippen LogP contribution in [0.15, 0.2) is 33.9 Å². The highest BCUT2D eigenvalue weighted by Crippen LogP contribution is 2.22. The number of para-hydroxylation sites is 1. The zero-order valence-electron chi connectivity index (χ0n) is 17.0. The number of aryl methyl sites for hydroxylation is 2. The van der Waals surface area contributed by atoms with E-state index < -0.39 is 17.4 Å². The minimum atomic E-state index is -0.890. The molecule has 3 aromatic rings. The van der Waals surface area contributed by atoms with E-state index in [1.807, 2.05) is 36.1 Å². The van der Waals surface area contributed by atoms with E-state index in [9.17, 15) is 14.7 Å². The lowest BCUT2D eigenvalue weighted by Gasteiger charge is -2.28. The Labute approximate surface area is 172 Å². The number of aromatic nitrogens is 4. The highest BCUT2D eigenvalue weighted by Gasteiger charge is 2.24. The van der Waals surface area contributed by atoms with Crippen molar-refractivity contribution in [3.8, 4) is 5.75 Å². The van der Waals surface area contributed by atoms with Gasteiger partial charge in [0.05, 0.1) is 19.8 Å². The van der Waals surface area contributed by atoms with Gasteiger partial charge >= 0.3 is 5.69 Å². The third kappa shape index (κ3) is 3.83. The van der Waals surface area contributed by atoms with E-state index in [0.717, 1.165) is 5.56 Å². The van der Waals surface area contributed by atoms with Crippen LogP contribution in [0, 0.1) is 6.92 Å². The fourth-order valence-electron chi connectivity index (χ4n) is 3.57. The molecular formula is C20H25N5O5. The number of morpholine rings is 1. The topological polar surface area (TPSA) is 115 Å². The molecule has 30 heavy (non-hydrogen) atoms. The Morgan fingerprint density at radius 3 is 2.73 bits per heavy atom. The Balaban J connectivity index is 1.67. The van der Waals surface area contributed by atoms with Crippen molar-refractivity contribution in [3.05, 3.63) is 50.7 Å². The van der Waals surface area contributed by atoms with Crippen molar-refractivity contribution in [1.29, 1.82) is 0 Å². The smallest absolute Gasteiger partial charge is 0.329 e. The molecule has 0 bridgehead atoms. The number of ether oxygens (including phenoxy) is 2. The largest absolute Gasteiger partial charge is 0.491 e. The summed E-state index contributed by atoms with van der Waals surface area (Å²) in [7, 11) is 1.55. The van der Waals surface area contributed by atoms with Crippen molar-refractivity contribution < 1.29 is 14.6 Å². The maximum atomic E-state index is 12.6. The number of hydrogen-bond acceptors (Lipinski definition) is 7. The fraction of sp³-hybridized carbons (Fsp3) is 0.450. The van der Waals surface area contributed by atoms with Gasteiger partial charge in [-0.25, -0.2) is 4.79 Å². The van der Waals surface area contributed by atoms with E-state index in [1.54, 1.807) is 11.6 Å². The van der Waals surface area contributed by atoms with Gasteiger partial charge in [-0.05, 0) is 18.6 Å². The van der Waals surface area contributed by atoms with Gasteiger partial charge in [-0.3, -0.25) is 14.3 Å². The van der Waals surface area contributed by atoms with Crippen molar-refractivity contribution in [1.82, 2.24) is 19.1 Å². The SMILES string of the molecule is Cc1ccccc1OC[C@H](O)Cn1c(N2CCOCC2)nc2c1c(=O)[nH]c(=O)n2C. The van der Waals surface area contributed by atoms with Gasteiger partial charge in [0, 0.05) is 20.1 Å². The first-order valence-corrected chi connectivity index (χ1v) is 9.84. The van der Waals surface area contributed by atoms with Gasteiger partial charge in [-0.15, -0.1) is 0 Å². The second-order valence-corrected chi connectivity index (χ2v) is 7.34. The molecule has 160 valence electrons. The van der Waals surface area contributed by atoms with Crippen LogP contribution in [0.1, 0.15) is 5.56 Å². The summed E-state index contributed by atoms with van der Waals surface area (Å²) in [5.74, 6) is 1.22. The monoisotopic (exact) mass is 415 g/mol. The number of fused-ring (bicyclic) bond motifs is 1. The number of aliphatic hydroxyl groups excluding tert-OH is 1. The molecule has 1 saturated heterocycles. The molecule has 1 aliphatic rings. The number of imidazole rings is 1. The van der Waals surface area contributed by atoms with Crippen molar-refractivity contribution in [2.75, 3.05) is 37.8 Å². The Hall–Kier alpha value is -3.11. The molecule has 1 fully saturated rings. The maximum absolute atomic E-state index is 12.6. The van der Waals surface area contributed by atoms with Crippen LogP contribution in [0.5, 0.6) is 5.75 Å². The Kier molecular flexibility index (Phi) is 5.60. The molecule has 10 heteroatoms. The fourth-order valence-corrected chi connectivity index (χ4v) is 3.57. The van der Waals surface area contributed by atoms with Gasteiger partial charge in [0.25, 0.3) is 5.56 Å². The normalized spacial score (nSPS) is 15.5. The Bertz CT molecular complexity index is 1160. The van der Waals surface area contributed by atoms with Crippen molar-refractivity contribution in [3.63, 3.8) is 0 Å². The summed E-state index contributed by atoms with van der Waals surface area (Å²) >= 11 is 0. The molecule has 0 unspecified atom stereocenters. The van der Waals surface area contributed by atoms with E-state index in [2.05, 4.69) is 9.97 Å². The number of H-pyrrole nitrogens is 1. The molecule has 1 aromatic carbocycles. The van der Waals surface area contributed by atoms with Gasteiger partial charge < -0.3 is 24.0 Å². The predicted molar refractivity (Wildman–Crippen MR) is 111 cm³/mol. The number of hydrogen-bond donors (Lipinski definition) is 2. The summed E-state index contributed by atoms with van der Waals surface area (Å²) in [5.41, 5.74) is 0.422. The highest BCUT2D eigenvalue weighted by molar-refractivity contribution is 5.74. The minimum absolute atomic E-state index is 0.0523. The first-order valence-electron chi connectivity index (χ1n) is 9.84. The van der Waals surface area contributed by atoms with Crippen LogP contribution in [-0.4, -0.2) is 63.2 Å². The number of aromatic amines is 1. The zero-order valence-corrected chi connectivity index (χ0v) is 17.0. The first kappa shape index (κ1) is 20.2. The molecule has 1 aliphatic heterocycles. The lowest BCUT2D eigenvalue weighted by molar-refractivity contribution is 0.0924. The molecule has 0 aliphatic carbocycles. The molecule has 2 aromatic heterocycles. The average Bonchev–Trinajstić information content (AvgIpc) is 3.12. The predicted octanol–water partition coefficient (Wildman–Crippen LogP) is 0.00822. The molecule has 3 heterocycles. The van der Waals surface area contributed by atoms with Crippen LogP contribution in [0.25, 0.3) is 11.2 Å². The first-order chi connectivity index (χ1) is 14.5. The average molecular weight is 415 g/mol. The van der Waals surface area contributed by atoms with E-state index in [1.165, 1.54) is 4.57 Å².